The molecule has 0 saturated heterocycles. The van der Waals surface area contributed by atoms with Gasteiger partial charge in [0.15, 0.2) is 0 Å². The SMILES string of the molecule is Cc1oc2ccccc2c1CNC(=O)CC1C=CCC1. The lowest BCUT2D eigenvalue weighted by Crippen LogP contribution is -2.24. The third-order valence-electron chi connectivity index (χ3n) is 3.92. The molecule has 20 heavy (non-hydrogen) atoms. The monoisotopic (exact) mass is 269 g/mol. The van der Waals surface area contributed by atoms with Gasteiger partial charge in [0.05, 0.1) is 0 Å². The van der Waals surface area contributed by atoms with E-state index in [1.807, 2.05) is 31.2 Å². The van der Waals surface area contributed by atoms with Crippen LogP contribution in [0.25, 0.3) is 11.0 Å². The van der Waals surface area contributed by atoms with E-state index in [0.717, 1.165) is 35.1 Å². The molecule has 0 fully saturated rings. The first kappa shape index (κ1) is 13.0. The minimum atomic E-state index is 0.117. The molecule has 1 aromatic carbocycles. The molecule has 1 atom stereocenters. The molecule has 1 aliphatic rings. The molecule has 0 bridgehead atoms. The van der Waals surface area contributed by atoms with Gasteiger partial charge in [0, 0.05) is 23.9 Å². The first-order valence-corrected chi connectivity index (χ1v) is 7.14. The van der Waals surface area contributed by atoms with Crippen LogP contribution in [0.4, 0.5) is 0 Å². The normalized spacial score (nSPS) is 17.8. The van der Waals surface area contributed by atoms with Crippen molar-refractivity contribution in [2.75, 3.05) is 0 Å². The third kappa shape index (κ3) is 2.62. The Balaban J connectivity index is 1.66. The van der Waals surface area contributed by atoms with Gasteiger partial charge >= 0.3 is 0 Å². The first-order chi connectivity index (χ1) is 9.74. The van der Waals surface area contributed by atoms with Gasteiger partial charge in [0.2, 0.25) is 5.91 Å². The number of carbonyl (C=O) groups is 1. The minimum Gasteiger partial charge on any atom is -0.461 e. The van der Waals surface area contributed by atoms with Crippen molar-refractivity contribution in [3.05, 3.63) is 47.7 Å². The summed E-state index contributed by atoms with van der Waals surface area (Å²) in [5, 5.41) is 4.10. The van der Waals surface area contributed by atoms with E-state index >= 15 is 0 Å². The summed E-state index contributed by atoms with van der Waals surface area (Å²) >= 11 is 0. The van der Waals surface area contributed by atoms with Gasteiger partial charge in [0.25, 0.3) is 0 Å². The van der Waals surface area contributed by atoms with Gasteiger partial charge in [-0.2, -0.15) is 0 Å². The Labute approximate surface area is 118 Å². The standard InChI is InChI=1S/C17H19NO2/c1-12-15(14-8-4-5-9-16(14)20-12)11-18-17(19)10-13-6-2-3-7-13/h2,4-6,8-9,13H,3,7,10-11H2,1H3,(H,18,19). The molecular weight excluding hydrogens is 250 g/mol. The number of allylic oxidation sites excluding steroid dienone is 2. The fourth-order valence-electron chi connectivity index (χ4n) is 2.80. The molecule has 1 unspecified atom stereocenters. The lowest BCUT2D eigenvalue weighted by atomic mass is 10.0. The van der Waals surface area contributed by atoms with Crippen LogP contribution in [0.3, 0.4) is 0 Å². The quantitative estimate of drug-likeness (QED) is 0.860. The maximum atomic E-state index is 12.0. The average molecular weight is 269 g/mol. The number of para-hydroxylation sites is 1. The molecule has 0 aliphatic heterocycles. The average Bonchev–Trinajstić information content (AvgIpc) is 3.03. The van der Waals surface area contributed by atoms with Crippen LogP contribution in [0.15, 0.2) is 40.8 Å². The highest BCUT2D eigenvalue weighted by Gasteiger charge is 2.15. The Kier molecular flexibility index (Phi) is 3.59. The topological polar surface area (TPSA) is 42.2 Å². The summed E-state index contributed by atoms with van der Waals surface area (Å²) in [4.78, 5) is 12.0. The number of hydrogen-bond donors (Lipinski definition) is 1. The van der Waals surface area contributed by atoms with E-state index in [2.05, 4.69) is 17.5 Å². The van der Waals surface area contributed by atoms with E-state index in [4.69, 9.17) is 4.42 Å². The molecule has 2 aromatic rings. The summed E-state index contributed by atoms with van der Waals surface area (Å²) in [6.45, 7) is 2.49. The van der Waals surface area contributed by atoms with Crippen molar-refractivity contribution in [3.63, 3.8) is 0 Å². The molecule has 1 amide bonds. The molecule has 1 aliphatic carbocycles. The first-order valence-electron chi connectivity index (χ1n) is 7.14. The highest BCUT2D eigenvalue weighted by Crippen LogP contribution is 2.25. The number of furan rings is 1. The summed E-state index contributed by atoms with van der Waals surface area (Å²) in [6, 6.07) is 7.94. The summed E-state index contributed by atoms with van der Waals surface area (Å²) in [5.74, 6) is 1.41. The lowest BCUT2D eigenvalue weighted by Gasteiger charge is -2.08. The van der Waals surface area contributed by atoms with Crippen LogP contribution in [0, 0.1) is 12.8 Å². The van der Waals surface area contributed by atoms with Gasteiger partial charge in [-0.1, -0.05) is 30.4 Å². The number of rotatable bonds is 4. The molecule has 3 heteroatoms. The lowest BCUT2D eigenvalue weighted by molar-refractivity contribution is -0.121. The molecular formula is C17H19NO2. The van der Waals surface area contributed by atoms with Crippen molar-refractivity contribution in [3.8, 4) is 0 Å². The van der Waals surface area contributed by atoms with Crippen LogP contribution in [0.1, 0.15) is 30.6 Å². The van der Waals surface area contributed by atoms with Crippen LogP contribution in [0.2, 0.25) is 0 Å². The summed E-state index contributed by atoms with van der Waals surface area (Å²) in [5.41, 5.74) is 1.96. The van der Waals surface area contributed by atoms with Gasteiger partial charge in [-0.15, -0.1) is 0 Å². The Morgan fingerprint density at radius 2 is 2.25 bits per heavy atom. The number of nitrogens with one attached hydrogen (secondary N) is 1. The molecule has 1 aromatic heterocycles. The summed E-state index contributed by atoms with van der Waals surface area (Å²) in [7, 11) is 0. The summed E-state index contributed by atoms with van der Waals surface area (Å²) in [6.07, 6.45) is 7.10. The van der Waals surface area contributed by atoms with E-state index in [1.54, 1.807) is 0 Å². The van der Waals surface area contributed by atoms with Crippen molar-refractivity contribution in [2.45, 2.75) is 32.7 Å². The van der Waals surface area contributed by atoms with Crippen LogP contribution in [0.5, 0.6) is 0 Å². The zero-order valence-electron chi connectivity index (χ0n) is 11.7. The Hall–Kier alpha value is -2.03. The largest absolute Gasteiger partial charge is 0.461 e. The minimum absolute atomic E-state index is 0.117. The van der Waals surface area contributed by atoms with Gasteiger partial charge in [-0.3, -0.25) is 4.79 Å². The molecule has 1 heterocycles. The predicted molar refractivity (Wildman–Crippen MR) is 79.3 cm³/mol. The van der Waals surface area contributed by atoms with Crippen molar-refractivity contribution in [1.82, 2.24) is 5.32 Å². The molecule has 1 N–H and O–H groups in total. The molecule has 0 radical (unpaired) electrons. The zero-order chi connectivity index (χ0) is 13.9. The van der Waals surface area contributed by atoms with Gasteiger partial charge in [0.1, 0.15) is 11.3 Å². The molecule has 104 valence electrons. The number of fused-ring (bicyclic) bond motifs is 1. The Morgan fingerprint density at radius 3 is 3.05 bits per heavy atom. The maximum absolute atomic E-state index is 12.0. The van der Waals surface area contributed by atoms with E-state index < -0.39 is 0 Å². The van der Waals surface area contributed by atoms with Crippen LogP contribution in [-0.2, 0) is 11.3 Å². The van der Waals surface area contributed by atoms with E-state index in [1.165, 1.54) is 0 Å². The van der Waals surface area contributed by atoms with E-state index in [0.29, 0.717) is 18.9 Å². The highest BCUT2D eigenvalue weighted by molar-refractivity contribution is 5.83. The van der Waals surface area contributed by atoms with Gasteiger partial charge in [-0.05, 0) is 31.7 Å². The number of carbonyl (C=O) groups excluding carboxylic acids is 1. The second kappa shape index (κ2) is 5.53. The zero-order valence-corrected chi connectivity index (χ0v) is 11.7. The fraction of sp³-hybridized carbons (Fsp3) is 0.353. The molecule has 0 saturated carbocycles. The maximum Gasteiger partial charge on any atom is 0.220 e. The fourth-order valence-corrected chi connectivity index (χ4v) is 2.80. The molecule has 3 rings (SSSR count). The van der Waals surface area contributed by atoms with Gasteiger partial charge < -0.3 is 9.73 Å². The number of benzene rings is 1. The summed E-state index contributed by atoms with van der Waals surface area (Å²) < 4.78 is 5.70. The van der Waals surface area contributed by atoms with Crippen molar-refractivity contribution >= 4 is 16.9 Å². The Morgan fingerprint density at radius 1 is 1.40 bits per heavy atom. The van der Waals surface area contributed by atoms with Crippen LogP contribution >= 0.6 is 0 Å². The van der Waals surface area contributed by atoms with Crippen LogP contribution in [-0.4, -0.2) is 5.91 Å². The highest BCUT2D eigenvalue weighted by atomic mass is 16.3. The Bertz CT molecular complexity index is 654. The van der Waals surface area contributed by atoms with E-state index in [-0.39, 0.29) is 5.91 Å². The molecule has 3 nitrogen and oxygen atoms in total. The smallest absolute Gasteiger partial charge is 0.220 e. The second-order valence-electron chi connectivity index (χ2n) is 5.38. The predicted octanol–water partition coefficient (Wildman–Crippen LogP) is 3.71. The second-order valence-corrected chi connectivity index (χ2v) is 5.38. The van der Waals surface area contributed by atoms with E-state index in [9.17, 15) is 4.79 Å². The third-order valence-corrected chi connectivity index (χ3v) is 3.92. The number of amides is 1. The molecule has 0 spiro atoms. The van der Waals surface area contributed by atoms with Crippen molar-refractivity contribution < 1.29 is 9.21 Å². The van der Waals surface area contributed by atoms with Crippen molar-refractivity contribution in [1.29, 1.82) is 0 Å². The van der Waals surface area contributed by atoms with Gasteiger partial charge in [-0.25, -0.2) is 0 Å². The number of hydrogen-bond acceptors (Lipinski definition) is 2. The van der Waals surface area contributed by atoms with Crippen molar-refractivity contribution in [2.24, 2.45) is 5.92 Å². The van der Waals surface area contributed by atoms with Crippen LogP contribution < -0.4 is 5.32 Å². The number of aryl methyl sites for hydroxylation is 1.